The smallest absolute Gasteiger partial charge is 0.235 e. The van der Waals surface area contributed by atoms with E-state index < -0.39 is 21.4 Å². The molecule has 8 heteroatoms. The lowest BCUT2D eigenvalue weighted by molar-refractivity contribution is 0.0950. The minimum absolute atomic E-state index is 0.108. The third-order valence-corrected chi connectivity index (χ3v) is 8.29. The molecule has 6 nitrogen and oxygen atoms in total. The maximum absolute atomic E-state index is 13.9. The van der Waals surface area contributed by atoms with Crippen molar-refractivity contribution >= 4 is 15.7 Å². The van der Waals surface area contributed by atoms with Crippen molar-refractivity contribution in [2.75, 3.05) is 16.6 Å². The Morgan fingerprint density at radius 2 is 2.13 bits per heavy atom. The van der Waals surface area contributed by atoms with Crippen LogP contribution in [0.1, 0.15) is 51.5 Å². The third kappa shape index (κ3) is 3.99. The Kier molecular flexibility index (Phi) is 5.66. The van der Waals surface area contributed by atoms with Crippen LogP contribution in [-0.4, -0.2) is 42.2 Å². The molecule has 2 fully saturated rings. The van der Waals surface area contributed by atoms with Gasteiger partial charge in [-0.1, -0.05) is 19.9 Å². The summed E-state index contributed by atoms with van der Waals surface area (Å²) in [5.41, 5.74) is 0.940. The summed E-state index contributed by atoms with van der Waals surface area (Å²) in [4.78, 5) is 6.72. The van der Waals surface area contributed by atoms with Crippen molar-refractivity contribution < 1.29 is 17.2 Å². The molecule has 3 heterocycles. The standard InChI is InChI=1S/C22H30FN3O3S/c1-16(2)11-20-21(29-15-24-20)14-25-9-7-22(13-17(25)3)8-10-30(27,28)26(22)19-6-4-5-18(23)12-19/h4-6,12,15-17H,7-11,13-14H2,1-3H3/t17-,22-/m0/s1. The highest BCUT2D eigenvalue weighted by molar-refractivity contribution is 7.93. The molecule has 0 saturated carbocycles. The number of aromatic nitrogens is 1. The predicted octanol–water partition coefficient (Wildman–Crippen LogP) is 3.98. The molecule has 1 spiro atoms. The topological polar surface area (TPSA) is 66.7 Å². The van der Waals surface area contributed by atoms with E-state index in [1.54, 1.807) is 12.1 Å². The van der Waals surface area contributed by atoms with Crippen molar-refractivity contribution in [2.24, 2.45) is 5.92 Å². The number of oxazole rings is 1. The van der Waals surface area contributed by atoms with Crippen LogP contribution in [0.2, 0.25) is 0 Å². The van der Waals surface area contributed by atoms with Gasteiger partial charge >= 0.3 is 0 Å². The van der Waals surface area contributed by atoms with E-state index in [0.29, 0.717) is 37.4 Å². The van der Waals surface area contributed by atoms with Crippen LogP contribution in [0, 0.1) is 11.7 Å². The molecule has 30 heavy (non-hydrogen) atoms. The Labute approximate surface area is 178 Å². The zero-order valence-electron chi connectivity index (χ0n) is 17.8. The van der Waals surface area contributed by atoms with Crippen LogP contribution in [0.15, 0.2) is 35.1 Å². The SMILES string of the molecule is CC(C)Cc1ncoc1CN1CC[C@]2(CCS(=O)(=O)N2c2cccc(F)c2)C[C@@H]1C. The first-order valence-electron chi connectivity index (χ1n) is 10.6. The van der Waals surface area contributed by atoms with E-state index in [1.165, 1.54) is 22.8 Å². The molecule has 0 radical (unpaired) electrons. The first-order chi connectivity index (χ1) is 14.2. The lowest BCUT2D eigenvalue weighted by atomic mass is 9.81. The van der Waals surface area contributed by atoms with Crippen molar-refractivity contribution in [1.82, 2.24) is 9.88 Å². The van der Waals surface area contributed by atoms with Crippen LogP contribution in [-0.2, 0) is 23.0 Å². The van der Waals surface area contributed by atoms with Gasteiger partial charge in [-0.3, -0.25) is 9.21 Å². The molecule has 2 saturated heterocycles. The molecule has 2 aliphatic rings. The van der Waals surface area contributed by atoms with E-state index in [2.05, 4.69) is 30.7 Å². The number of halogens is 1. The van der Waals surface area contributed by atoms with E-state index in [1.807, 2.05) is 0 Å². The van der Waals surface area contributed by atoms with Gasteiger partial charge in [0.25, 0.3) is 0 Å². The van der Waals surface area contributed by atoms with Crippen LogP contribution in [0.25, 0.3) is 0 Å². The first-order valence-corrected chi connectivity index (χ1v) is 12.2. The Bertz CT molecular complexity index is 1010. The van der Waals surface area contributed by atoms with Gasteiger partial charge in [0.05, 0.1) is 29.2 Å². The normalized spacial score (nSPS) is 26.7. The fraction of sp³-hybridized carbons (Fsp3) is 0.591. The molecule has 0 N–H and O–H groups in total. The van der Waals surface area contributed by atoms with E-state index >= 15 is 0 Å². The van der Waals surface area contributed by atoms with Crippen molar-refractivity contribution in [3.8, 4) is 0 Å². The first kappa shape index (κ1) is 21.3. The fourth-order valence-electron chi connectivity index (χ4n) is 5.00. The number of likely N-dealkylation sites (tertiary alicyclic amines) is 1. The largest absolute Gasteiger partial charge is 0.447 e. The zero-order chi connectivity index (χ0) is 21.5. The molecule has 1 aromatic carbocycles. The summed E-state index contributed by atoms with van der Waals surface area (Å²) in [6.45, 7) is 7.88. The monoisotopic (exact) mass is 435 g/mol. The molecule has 4 rings (SSSR count). The molecule has 2 aromatic rings. The summed E-state index contributed by atoms with van der Waals surface area (Å²) in [6, 6.07) is 6.10. The second-order valence-electron chi connectivity index (χ2n) is 9.13. The van der Waals surface area contributed by atoms with Crippen molar-refractivity contribution in [1.29, 1.82) is 0 Å². The van der Waals surface area contributed by atoms with E-state index in [4.69, 9.17) is 4.42 Å². The van der Waals surface area contributed by atoms with Crippen LogP contribution in [0.5, 0.6) is 0 Å². The molecular weight excluding hydrogens is 405 g/mol. The number of anilines is 1. The number of benzene rings is 1. The van der Waals surface area contributed by atoms with Crippen molar-refractivity contribution in [3.63, 3.8) is 0 Å². The Hall–Kier alpha value is -1.93. The molecule has 0 bridgehead atoms. The highest BCUT2D eigenvalue weighted by atomic mass is 32.2. The summed E-state index contributed by atoms with van der Waals surface area (Å²) in [5.74, 6) is 1.09. The second-order valence-corrected chi connectivity index (χ2v) is 11.1. The van der Waals surface area contributed by atoms with Gasteiger partial charge in [-0.05, 0) is 56.7 Å². The molecule has 2 aliphatic heterocycles. The van der Waals surface area contributed by atoms with Gasteiger partial charge in [-0.25, -0.2) is 17.8 Å². The third-order valence-electron chi connectivity index (χ3n) is 6.41. The Balaban J connectivity index is 1.55. The number of piperidine rings is 1. The number of hydrogen-bond acceptors (Lipinski definition) is 5. The van der Waals surface area contributed by atoms with Gasteiger partial charge in [0.15, 0.2) is 6.39 Å². The summed E-state index contributed by atoms with van der Waals surface area (Å²) < 4.78 is 46.9. The van der Waals surface area contributed by atoms with Gasteiger partial charge in [0, 0.05) is 12.6 Å². The maximum Gasteiger partial charge on any atom is 0.235 e. The van der Waals surface area contributed by atoms with Crippen molar-refractivity contribution in [3.05, 3.63) is 47.9 Å². The molecule has 0 unspecified atom stereocenters. The van der Waals surface area contributed by atoms with Gasteiger partial charge in [0.2, 0.25) is 10.0 Å². The minimum atomic E-state index is -3.46. The van der Waals surface area contributed by atoms with Gasteiger partial charge in [-0.2, -0.15) is 0 Å². The van der Waals surface area contributed by atoms with Crippen LogP contribution in [0.4, 0.5) is 10.1 Å². The number of hydrogen-bond donors (Lipinski definition) is 0. The van der Waals surface area contributed by atoms with Crippen LogP contribution in [0.3, 0.4) is 0 Å². The second kappa shape index (κ2) is 7.96. The molecular formula is C22H30FN3O3S. The van der Waals surface area contributed by atoms with Crippen LogP contribution >= 0.6 is 0 Å². The lowest BCUT2D eigenvalue weighted by Crippen LogP contribution is -2.56. The Morgan fingerprint density at radius 1 is 1.33 bits per heavy atom. The number of sulfonamides is 1. The molecule has 1 aromatic heterocycles. The number of nitrogens with zero attached hydrogens (tertiary/aromatic N) is 3. The number of rotatable bonds is 5. The van der Waals surface area contributed by atoms with E-state index in [-0.39, 0.29) is 11.8 Å². The average molecular weight is 436 g/mol. The van der Waals surface area contributed by atoms with Gasteiger partial charge in [-0.15, -0.1) is 0 Å². The minimum Gasteiger partial charge on any atom is -0.447 e. The fourth-order valence-corrected chi connectivity index (χ4v) is 7.11. The van der Waals surface area contributed by atoms with E-state index in [9.17, 15) is 12.8 Å². The zero-order valence-corrected chi connectivity index (χ0v) is 18.7. The highest BCUT2D eigenvalue weighted by Gasteiger charge is 2.52. The maximum atomic E-state index is 13.9. The molecule has 2 atom stereocenters. The molecule has 0 amide bonds. The lowest BCUT2D eigenvalue weighted by Gasteiger charge is -2.47. The Morgan fingerprint density at radius 3 is 2.83 bits per heavy atom. The average Bonchev–Trinajstić information content (AvgIpc) is 3.19. The molecule has 0 aliphatic carbocycles. The van der Waals surface area contributed by atoms with E-state index in [0.717, 1.165) is 24.4 Å². The summed E-state index contributed by atoms with van der Waals surface area (Å²) in [5, 5.41) is 0. The van der Waals surface area contributed by atoms with Crippen molar-refractivity contribution in [2.45, 2.75) is 64.6 Å². The predicted molar refractivity (Wildman–Crippen MR) is 114 cm³/mol. The van der Waals surface area contributed by atoms with Crippen LogP contribution < -0.4 is 4.31 Å². The highest BCUT2D eigenvalue weighted by Crippen LogP contribution is 2.45. The summed E-state index contributed by atoms with van der Waals surface area (Å²) in [6.07, 6.45) is 4.38. The molecule has 164 valence electrons. The summed E-state index contributed by atoms with van der Waals surface area (Å²) >= 11 is 0. The quantitative estimate of drug-likeness (QED) is 0.711. The van der Waals surface area contributed by atoms with Gasteiger partial charge in [0.1, 0.15) is 11.6 Å². The van der Waals surface area contributed by atoms with Gasteiger partial charge < -0.3 is 4.42 Å². The summed E-state index contributed by atoms with van der Waals surface area (Å²) in [7, 11) is -3.46.